The number of carbonyl (C=O) groups is 1. The number of nitrogens with one attached hydrogen (secondary N) is 2. The molecule has 1 saturated heterocycles. The van der Waals surface area contributed by atoms with Crippen LogP contribution in [0.5, 0.6) is 0 Å². The van der Waals surface area contributed by atoms with Gasteiger partial charge in [-0.1, -0.05) is 6.07 Å². The van der Waals surface area contributed by atoms with Gasteiger partial charge in [0.2, 0.25) is 5.91 Å². The Balaban J connectivity index is 0.00000176. The number of hydrogen-bond acceptors (Lipinski definition) is 4. The fourth-order valence-electron chi connectivity index (χ4n) is 3.31. The first-order valence-electron chi connectivity index (χ1n) is 7.28. The molecule has 22 heavy (non-hydrogen) atoms. The summed E-state index contributed by atoms with van der Waals surface area (Å²) in [5.41, 5.74) is 1.32. The minimum Gasteiger partial charge on any atom is -0.326 e. The van der Waals surface area contributed by atoms with Crippen molar-refractivity contribution in [2.75, 3.05) is 18.4 Å². The van der Waals surface area contributed by atoms with Crippen LogP contribution in [0.3, 0.4) is 0 Å². The van der Waals surface area contributed by atoms with E-state index in [9.17, 15) is 14.9 Å². The van der Waals surface area contributed by atoms with Gasteiger partial charge in [-0.05, 0) is 50.8 Å². The van der Waals surface area contributed by atoms with Gasteiger partial charge in [0.05, 0.1) is 4.92 Å². The zero-order valence-electron chi connectivity index (χ0n) is 12.4. The second-order valence-electron chi connectivity index (χ2n) is 6.12. The maximum atomic E-state index is 12.3. The standard InChI is InChI=1S/C15H19N3O3.ClH/c1-10-2-3-11(8-13(10)18(20)21)17-14(19)12-9-15(12)4-6-16-7-5-15;/h2-3,8,12,16H,4-7,9H2,1H3,(H,17,19);1H. The van der Waals surface area contributed by atoms with Crippen LogP contribution in [-0.2, 0) is 4.79 Å². The molecule has 1 saturated carbocycles. The Hall–Kier alpha value is -1.66. The minimum absolute atomic E-state index is 0. The van der Waals surface area contributed by atoms with E-state index in [1.807, 2.05) is 0 Å². The van der Waals surface area contributed by atoms with Crippen LogP contribution in [0.25, 0.3) is 0 Å². The summed E-state index contributed by atoms with van der Waals surface area (Å²) in [6.07, 6.45) is 3.02. The van der Waals surface area contributed by atoms with Crippen molar-refractivity contribution in [3.05, 3.63) is 33.9 Å². The molecular formula is C15H20ClN3O3. The number of piperidine rings is 1. The zero-order chi connectivity index (χ0) is 15.0. The van der Waals surface area contributed by atoms with Crippen LogP contribution in [0.15, 0.2) is 18.2 Å². The second kappa shape index (κ2) is 6.22. The first-order valence-corrected chi connectivity index (χ1v) is 7.28. The molecule has 0 bridgehead atoms. The SMILES string of the molecule is Cc1ccc(NC(=O)C2CC23CCNCC3)cc1[N+](=O)[O-].Cl. The molecule has 1 atom stereocenters. The summed E-state index contributed by atoms with van der Waals surface area (Å²) >= 11 is 0. The van der Waals surface area contributed by atoms with E-state index in [1.165, 1.54) is 6.07 Å². The lowest BCUT2D eigenvalue weighted by atomic mass is 9.92. The number of nitrogens with zero attached hydrogens (tertiary/aromatic N) is 1. The van der Waals surface area contributed by atoms with Crippen molar-refractivity contribution in [3.63, 3.8) is 0 Å². The van der Waals surface area contributed by atoms with E-state index in [0.717, 1.165) is 32.4 Å². The number of benzene rings is 1. The molecule has 3 rings (SSSR count). The number of amides is 1. The molecule has 120 valence electrons. The number of rotatable bonds is 3. The number of halogens is 1. The third-order valence-electron chi connectivity index (χ3n) is 4.78. The third kappa shape index (κ3) is 3.08. The van der Waals surface area contributed by atoms with E-state index in [2.05, 4.69) is 10.6 Å². The maximum absolute atomic E-state index is 12.3. The largest absolute Gasteiger partial charge is 0.326 e. The van der Waals surface area contributed by atoms with Gasteiger partial charge in [0.15, 0.2) is 0 Å². The fraction of sp³-hybridized carbons (Fsp3) is 0.533. The Bertz CT molecular complexity index is 600. The maximum Gasteiger partial charge on any atom is 0.274 e. The summed E-state index contributed by atoms with van der Waals surface area (Å²) in [4.78, 5) is 22.8. The van der Waals surface area contributed by atoms with Crippen molar-refractivity contribution in [1.82, 2.24) is 5.32 Å². The zero-order valence-corrected chi connectivity index (χ0v) is 13.2. The molecule has 1 amide bonds. The van der Waals surface area contributed by atoms with Crippen molar-refractivity contribution >= 4 is 29.7 Å². The van der Waals surface area contributed by atoms with E-state index < -0.39 is 4.92 Å². The van der Waals surface area contributed by atoms with E-state index in [4.69, 9.17) is 0 Å². The van der Waals surface area contributed by atoms with Gasteiger partial charge < -0.3 is 10.6 Å². The molecule has 2 aliphatic rings. The molecule has 1 heterocycles. The number of anilines is 1. The topological polar surface area (TPSA) is 84.3 Å². The highest BCUT2D eigenvalue weighted by atomic mass is 35.5. The Morgan fingerprint density at radius 1 is 1.41 bits per heavy atom. The lowest BCUT2D eigenvalue weighted by Gasteiger charge is -2.23. The minimum atomic E-state index is -0.420. The van der Waals surface area contributed by atoms with Crippen LogP contribution in [0.4, 0.5) is 11.4 Å². The van der Waals surface area contributed by atoms with Crippen LogP contribution in [0, 0.1) is 28.4 Å². The van der Waals surface area contributed by atoms with Gasteiger partial charge in [-0.25, -0.2) is 0 Å². The molecule has 2 N–H and O–H groups in total. The summed E-state index contributed by atoms with van der Waals surface area (Å²) in [6.45, 7) is 3.63. The summed E-state index contributed by atoms with van der Waals surface area (Å²) in [5, 5.41) is 17.1. The molecule has 0 aromatic heterocycles. The normalized spacial score (nSPS) is 21.8. The first kappa shape index (κ1) is 16.7. The molecule has 2 fully saturated rings. The van der Waals surface area contributed by atoms with Gasteiger partial charge in [-0.3, -0.25) is 14.9 Å². The number of nitro benzene ring substituents is 1. The van der Waals surface area contributed by atoms with Crippen LogP contribution in [0.1, 0.15) is 24.8 Å². The summed E-state index contributed by atoms with van der Waals surface area (Å²) in [5.74, 6) is 0.0509. The predicted octanol–water partition coefficient (Wildman–Crippen LogP) is 2.65. The van der Waals surface area contributed by atoms with E-state index in [1.54, 1.807) is 19.1 Å². The van der Waals surface area contributed by atoms with Gasteiger partial charge in [0.1, 0.15) is 0 Å². The highest BCUT2D eigenvalue weighted by molar-refractivity contribution is 5.95. The van der Waals surface area contributed by atoms with Gasteiger partial charge in [-0.2, -0.15) is 0 Å². The predicted molar refractivity (Wildman–Crippen MR) is 86.4 cm³/mol. The van der Waals surface area contributed by atoms with Gasteiger partial charge >= 0.3 is 0 Å². The number of aryl methyl sites for hydroxylation is 1. The van der Waals surface area contributed by atoms with Crippen molar-refractivity contribution < 1.29 is 9.72 Å². The van der Waals surface area contributed by atoms with Crippen LogP contribution >= 0.6 is 12.4 Å². The summed E-state index contributed by atoms with van der Waals surface area (Å²) in [7, 11) is 0. The van der Waals surface area contributed by atoms with Gasteiger partial charge in [0.25, 0.3) is 5.69 Å². The van der Waals surface area contributed by atoms with Crippen molar-refractivity contribution in [1.29, 1.82) is 0 Å². The van der Waals surface area contributed by atoms with Crippen molar-refractivity contribution in [3.8, 4) is 0 Å². The number of carbonyl (C=O) groups excluding carboxylic acids is 1. The monoisotopic (exact) mass is 325 g/mol. The Morgan fingerprint density at radius 3 is 2.73 bits per heavy atom. The molecule has 1 aromatic carbocycles. The van der Waals surface area contributed by atoms with Crippen LogP contribution in [-0.4, -0.2) is 23.9 Å². The molecule has 1 aliphatic carbocycles. The Labute approximate surface area is 135 Å². The fourth-order valence-corrected chi connectivity index (χ4v) is 3.31. The smallest absolute Gasteiger partial charge is 0.274 e. The Morgan fingerprint density at radius 2 is 2.09 bits per heavy atom. The number of hydrogen-bond donors (Lipinski definition) is 2. The van der Waals surface area contributed by atoms with Gasteiger partial charge in [-0.15, -0.1) is 12.4 Å². The Kier molecular flexibility index (Phi) is 4.72. The van der Waals surface area contributed by atoms with E-state index >= 15 is 0 Å². The molecule has 6 nitrogen and oxygen atoms in total. The lowest BCUT2D eigenvalue weighted by Crippen LogP contribution is -2.31. The van der Waals surface area contributed by atoms with Crippen molar-refractivity contribution in [2.24, 2.45) is 11.3 Å². The molecule has 1 unspecified atom stereocenters. The molecule has 1 spiro atoms. The lowest BCUT2D eigenvalue weighted by molar-refractivity contribution is -0.385. The van der Waals surface area contributed by atoms with Crippen molar-refractivity contribution in [2.45, 2.75) is 26.2 Å². The van der Waals surface area contributed by atoms with Gasteiger partial charge in [0, 0.05) is 23.2 Å². The molecule has 7 heteroatoms. The van der Waals surface area contributed by atoms with E-state index in [0.29, 0.717) is 11.3 Å². The molecule has 1 aliphatic heterocycles. The van der Waals surface area contributed by atoms with E-state index in [-0.39, 0.29) is 35.3 Å². The molecular weight excluding hydrogens is 306 g/mol. The van der Waals surface area contributed by atoms with Crippen LogP contribution < -0.4 is 10.6 Å². The summed E-state index contributed by atoms with van der Waals surface area (Å²) < 4.78 is 0. The average Bonchev–Trinajstić information content (AvgIpc) is 3.15. The van der Waals surface area contributed by atoms with Crippen LogP contribution in [0.2, 0.25) is 0 Å². The summed E-state index contributed by atoms with van der Waals surface area (Å²) in [6, 6.07) is 4.82. The highest BCUT2D eigenvalue weighted by Gasteiger charge is 2.57. The quantitative estimate of drug-likeness (QED) is 0.661. The molecule has 1 aromatic rings. The highest BCUT2D eigenvalue weighted by Crippen LogP contribution is 2.58. The third-order valence-corrected chi connectivity index (χ3v) is 4.78. The number of nitro groups is 1. The first-order chi connectivity index (χ1) is 10.0. The average molecular weight is 326 g/mol. The second-order valence-corrected chi connectivity index (χ2v) is 6.12. The molecule has 0 radical (unpaired) electrons.